The summed E-state index contributed by atoms with van der Waals surface area (Å²) in [6.07, 6.45) is -2.86. The van der Waals surface area contributed by atoms with Crippen LogP contribution in [-0.2, 0) is 6.18 Å². The van der Waals surface area contributed by atoms with E-state index in [1.54, 1.807) is 0 Å². The van der Waals surface area contributed by atoms with Crippen molar-refractivity contribution in [3.63, 3.8) is 0 Å². The summed E-state index contributed by atoms with van der Waals surface area (Å²) in [5.74, 6) is -1.29. The van der Waals surface area contributed by atoms with Crippen LogP contribution < -0.4 is 5.73 Å². The predicted octanol–water partition coefficient (Wildman–Crippen LogP) is 3.42. The van der Waals surface area contributed by atoms with Gasteiger partial charge in [0, 0.05) is 6.04 Å². The molecule has 0 saturated heterocycles. The first-order valence-corrected chi connectivity index (χ1v) is 4.59. The van der Waals surface area contributed by atoms with E-state index in [1.165, 1.54) is 12.1 Å². The minimum atomic E-state index is -4.70. The standard InChI is InChI=1S/C11H11F4N/c1-2-3-10(16)7-4-5-9(12)8(6-7)11(13,14)15/h2,4-6,10H,1,3,16H2/t10-/m0/s1. The van der Waals surface area contributed by atoms with E-state index in [0.717, 1.165) is 12.1 Å². The van der Waals surface area contributed by atoms with E-state index in [0.29, 0.717) is 6.42 Å². The van der Waals surface area contributed by atoms with Crippen molar-refractivity contribution < 1.29 is 17.6 Å². The van der Waals surface area contributed by atoms with Gasteiger partial charge >= 0.3 is 6.18 Å². The summed E-state index contributed by atoms with van der Waals surface area (Å²) < 4.78 is 50.1. The Kier molecular flexibility index (Phi) is 3.70. The third-order valence-electron chi connectivity index (χ3n) is 2.14. The lowest BCUT2D eigenvalue weighted by atomic mass is 10.0. The van der Waals surface area contributed by atoms with Crippen molar-refractivity contribution in [3.8, 4) is 0 Å². The number of halogens is 4. The van der Waals surface area contributed by atoms with Crippen LogP contribution in [-0.4, -0.2) is 0 Å². The maximum absolute atomic E-state index is 12.9. The number of rotatable bonds is 3. The lowest BCUT2D eigenvalue weighted by Gasteiger charge is -2.13. The minimum absolute atomic E-state index is 0.244. The summed E-state index contributed by atoms with van der Waals surface area (Å²) >= 11 is 0. The van der Waals surface area contributed by atoms with Crippen molar-refractivity contribution in [1.29, 1.82) is 0 Å². The van der Waals surface area contributed by atoms with Crippen molar-refractivity contribution in [2.24, 2.45) is 5.73 Å². The molecule has 0 aliphatic rings. The molecule has 0 amide bonds. The SMILES string of the molecule is C=CC[C@H](N)c1ccc(F)c(C(F)(F)F)c1. The van der Waals surface area contributed by atoms with E-state index in [4.69, 9.17) is 5.73 Å². The maximum Gasteiger partial charge on any atom is 0.419 e. The molecule has 16 heavy (non-hydrogen) atoms. The molecule has 0 bridgehead atoms. The first-order chi connectivity index (χ1) is 7.36. The van der Waals surface area contributed by atoms with Gasteiger partial charge < -0.3 is 5.73 Å². The van der Waals surface area contributed by atoms with Crippen molar-refractivity contribution >= 4 is 0 Å². The largest absolute Gasteiger partial charge is 0.419 e. The fourth-order valence-electron chi connectivity index (χ4n) is 1.31. The second-order valence-corrected chi connectivity index (χ2v) is 3.37. The number of hydrogen-bond donors (Lipinski definition) is 1. The minimum Gasteiger partial charge on any atom is -0.324 e. The average molecular weight is 233 g/mol. The molecule has 0 aliphatic carbocycles. The summed E-state index contributed by atoms with van der Waals surface area (Å²) in [4.78, 5) is 0. The van der Waals surface area contributed by atoms with Crippen LogP contribution >= 0.6 is 0 Å². The Bertz CT molecular complexity index is 384. The Morgan fingerprint density at radius 3 is 2.50 bits per heavy atom. The Hall–Kier alpha value is -1.36. The van der Waals surface area contributed by atoms with E-state index in [9.17, 15) is 17.6 Å². The van der Waals surface area contributed by atoms with Gasteiger partial charge in [0.2, 0.25) is 0 Å². The Morgan fingerprint density at radius 1 is 1.38 bits per heavy atom. The average Bonchev–Trinajstić information content (AvgIpc) is 2.16. The molecule has 2 N–H and O–H groups in total. The van der Waals surface area contributed by atoms with Gasteiger partial charge in [-0.25, -0.2) is 4.39 Å². The summed E-state index contributed by atoms with van der Waals surface area (Å²) in [5.41, 5.74) is 4.56. The van der Waals surface area contributed by atoms with Gasteiger partial charge in [-0.3, -0.25) is 0 Å². The van der Waals surface area contributed by atoms with E-state index in [1.807, 2.05) is 0 Å². The highest BCUT2D eigenvalue weighted by molar-refractivity contribution is 5.29. The van der Waals surface area contributed by atoms with Crippen LogP contribution in [0.15, 0.2) is 30.9 Å². The molecule has 0 radical (unpaired) electrons. The third kappa shape index (κ3) is 2.82. The molecule has 5 heteroatoms. The Labute approximate surface area is 90.6 Å². The second kappa shape index (κ2) is 4.65. The van der Waals surface area contributed by atoms with Crippen molar-refractivity contribution in [2.75, 3.05) is 0 Å². The van der Waals surface area contributed by atoms with Crippen molar-refractivity contribution in [3.05, 3.63) is 47.8 Å². The van der Waals surface area contributed by atoms with E-state index < -0.39 is 23.6 Å². The van der Waals surface area contributed by atoms with Crippen molar-refractivity contribution in [2.45, 2.75) is 18.6 Å². The fraction of sp³-hybridized carbons (Fsp3) is 0.273. The highest BCUT2D eigenvalue weighted by Crippen LogP contribution is 2.33. The molecule has 0 aliphatic heterocycles. The molecule has 0 heterocycles. The zero-order chi connectivity index (χ0) is 12.3. The molecule has 0 fully saturated rings. The molecule has 0 unspecified atom stereocenters. The third-order valence-corrected chi connectivity index (χ3v) is 2.14. The fourth-order valence-corrected chi connectivity index (χ4v) is 1.31. The zero-order valence-corrected chi connectivity index (χ0v) is 8.39. The lowest BCUT2D eigenvalue weighted by molar-refractivity contribution is -0.140. The molecule has 1 rings (SSSR count). The van der Waals surface area contributed by atoms with Crippen LogP contribution in [0.4, 0.5) is 17.6 Å². The van der Waals surface area contributed by atoms with Gasteiger partial charge in [0.1, 0.15) is 5.82 Å². The monoisotopic (exact) mass is 233 g/mol. The lowest BCUT2D eigenvalue weighted by Crippen LogP contribution is -2.13. The van der Waals surface area contributed by atoms with E-state index in [-0.39, 0.29) is 5.56 Å². The zero-order valence-electron chi connectivity index (χ0n) is 8.39. The van der Waals surface area contributed by atoms with Crippen LogP contribution in [0.2, 0.25) is 0 Å². The van der Waals surface area contributed by atoms with E-state index in [2.05, 4.69) is 6.58 Å². The molecule has 0 saturated carbocycles. The number of hydrogen-bond acceptors (Lipinski definition) is 1. The molecule has 1 nitrogen and oxygen atoms in total. The van der Waals surface area contributed by atoms with Gasteiger partial charge in [-0.1, -0.05) is 12.1 Å². The highest BCUT2D eigenvalue weighted by atomic mass is 19.4. The van der Waals surface area contributed by atoms with E-state index >= 15 is 0 Å². The molecule has 1 aromatic rings. The van der Waals surface area contributed by atoms with Gasteiger partial charge in [0.15, 0.2) is 0 Å². The normalized spacial score (nSPS) is 13.6. The molecule has 1 aromatic carbocycles. The topological polar surface area (TPSA) is 26.0 Å². The second-order valence-electron chi connectivity index (χ2n) is 3.37. The van der Waals surface area contributed by atoms with Gasteiger partial charge in [0.25, 0.3) is 0 Å². The highest BCUT2D eigenvalue weighted by Gasteiger charge is 2.34. The Morgan fingerprint density at radius 2 is 2.00 bits per heavy atom. The van der Waals surface area contributed by atoms with Gasteiger partial charge in [-0.05, 0) is 24.1 Å². The maximum atomic E-state index is 12.9. The van der Waals surface area contributed by atoms with Crippen LogP contribution in [0.1, 0.15) is 23.6 Å². The van der Waals surface area contributed by atoms with Crippen LogP contribution in [0.3, 0.4) is 0 Å². The summed E-state index contributed by atoms with van der Waals surface area (Å²) in [6.45, 7) is 3.44. The first-order valence-electron chi connectivity index (χ1n) is 4.59. The number of benzene rings is 1. The summed E-state index contributed by atoms with van der Waals surface area (Å²) in [7, 11) is 0. The van der Waals surface area contributed by atoms with Crippen LogP contribution in [0.5, 0.6) is 0 Å². The van der Waals surface area contributed by atoms with Gasteiger partial charge in [-0.2, -0.15) is 13.2 Å². The number of nitrogens with two attached hydrogens (primary N) is 1. The van der Waals surface area contributed by atoms with Gasteiger partial charge in [0.05, 0.1) is 5.56 Å². The Balaban J connectivity index is 3.12. The molecule has 0 spiro atoms. The molecular weight excluding hydrogens is 222 g/mol. The smallest absolute Gasteiger partial charge is 0.324 e. The van der Waals surface area contributed by atoms with Gasteiger partial charge in [-0.15, -0.1) is 6.58 Å². The predicted molar refractivity (Wildman–Crippen MR) is 53.1 cm³/mol. The molecular formula is C11H11F4N. The quantitative estimate of drug-likeness (QED) is 0.628. The first kappa shape index (κ1) is 12.7. The van der Waals surface area contributed by atoms with Crippen LogP contribution in [0, 0.1) is 5.82 Å². The molecule has 0 aromatic heterocycles. The molecule has 1 atom stereocenters. The summed E-state index contributed by atoms with van der Waals surface area (Å²) in [5, 5.41) is 0. The molecule has 88 valence electrons. The van der Waals surface area contributed by atoms with Crippen LogP contribution in [0.25, 0.3) is 0 Å². The van der Waals surface area contributed by atoms with Crippen molar-refractivity contribution in [1.82, 2.24) is 0 Å². The summed E-state index contributed by atoms with van der Waals surface area (Å²) in [6, 6.07) is 2.17. The number of alkyl halides is 3.